The number of nitrogens with zero attached hydrogens (tertiary/aromatic N) is 4. The van der Waals surface area contributed by atoms with Gasteiger partial charge in [-0.25, -0.2) is 9.97 Å². The number of anilines is 1. The average molecular weight is 268 g/mol. The number of carbonyl (C=O) groups is 1. The Hall–Kier alpha value is -2.15. The van der Waals surface area contributed by atoms with Gasteiger partial charge in [-0.2, -0.15) is 4.98 Å². The topological polar surface area (TPSA) is 81.9 Å². The SMILES string of the molecule is COc1cc(Cl)nc(NC(=O)c2cncn2C)n1. The van der Waals surface area contributed by atoms with Crippen LogP contribution in [0.4, 0.5) is 5.95 Å². The third-order valence-corrected chi connectivity index (χ3v) is 2.35. The third kappa shape index (κ3) is 2.57. The first-order chi connectivity index (χ1) is 8.60. The molecule has 7 nitrogen and oxygen atoms in total. The fraction of sp³-hybridized carbons (Fsp3) is 0.200. The summed E-state index contributed by atoms with van der Waals surface area (Å²) in [4.78, 5) is 23.5. The van der Waals surface area contributed by atoms with E-state index in [2.05, 4.69) is 20.3 Å². The van der Waals surface area contributed by atoms with Gasteiger partial charge in [0.25, 0.3) is 5.91 Å². The molecule has 0 aliphatic heterocycles. The molecule has 1 amide bonds. The van der Waals surface area contributed by atoms with Crippen molar-refractivity contribution in [2.45, 2.75) is 0 Å². The van der Waals surface area contributed by atoms with Crippen LogP contribution in [0.2, 0.25) is 5.15 Å². The second-order valence-electron chi connectivity index (χ2n) is 3.40. The highest BCUT2D eigenvalue weighted by Crippen LogP contribution is 2.16. The Labute approximate surface area is 108 Å². The largest absolute Gasteiger partial charge is 0.481 e. The second-order valence-corrected chi connectivity index (χ2v) is 3.79. The lowest BCUT2D eigenvalue weighted by Gasteiger charge is -2.05. The molecule has 2 aromatic heterocycles. The first-order valence-electron chi connectivity index (χ1n) is 4.96. The van der Waals surface area contributed by atoms with Crippen LogP contribution in [-0.2, 0) is 7.05 Å². The number of hydrogen-bond acceptors (Lipinski definition) is 5. The molecular weight excluding hydrogens is 258 g/mol. The molecule has 18 heavy (non-hydrogen) atoms. The van der Waals surface area contributed by atoms with Crippen LogP contribution in [0.3, 0.4) is 0 Å². The van der Waals surface area contributed by atoms with E-state index >= 15 is 0 Å². The van der Waals surface area contributed by atoms with Gasteiger partial charge in [0.2, 0.25) is 11.8 Å². The summed E-state index contributed by atoms with van der Waals surface area (Å²) >= 11 is 5.77. The molecule has 2 rings (SSSR count). The maximum atomic E-state index is 11.9. The number of amides is 1. The number of aryl methyl sites for hydroxylation is 1. The Kier molecular flexibility index (Phi) is 3.42. The number of rotatable bonds is 3. The molecule has 0 unspecified atom stereocenters. The van der Waals surface area contributed by atoms with Crippen LogP contribution in [0.5, 0.6) is 5.88 Å². The molecule has 0 aliphatic rings. The van der Waals surface area contributed by atoms with Crippen molar-refractivity contribution in [1.29, 1.82) is 0 Å². The summed E-state index contributed by atoms with van der Waals surface area (Å²) in [5, 5.41) is 2.70. The van der Waals surface area contributed by atoms with Gasteiger partial charge < -0.3 is 9.30 Å². The Morgan fingerprint density at radius 3 is 2.89 bits per heavy atom. The molecule has 0 aliphatic carbocycles. The van der Waals surface area contributed by atoms with Crippen molar-refractivity contribution in [2.75, 3.05) is 12.4 Å². The summed E-state index contributed by atoms with van der Waals surface area (Å²) < 4.78 is 6.51. The highest BCUT2D eigenvalue weighted by molar-refractivity contribution is 6.29. The maximum Gasteiger partial charge on any atom is 0.276 e. The molecule has 0 atom stereocenters. The number of halogens is 1. The zero-order chi connectivity index (χ0) is 13.1. The quantitative estimate of drug-likeness (QED) is 0.843. The van der Waals surface area contributed by atoms with Gasteiger partial charge in [0.1, 0.15) is 10.8 Å². The molecule has 94 valence electrons. The summed E-state index contributed by atoms with van der Waals surface area (Å²) in [6.07, 6.45) is 2.96. The molecule has 8 heteroatoms. The van der Waals surface area contributed by atoms with E-state index in [1.165, 1.54) is 25.7 Å². The fourth-order valence-corrected chi connectivity index (χ4v) is 1.47. The van der Waals surface area contributed by atoms with E-state index in [9.17, 15) is 4.79 Å². The molecule has 1 N–H and O–H groups in total. The number of imidazole rings is 1. The maximum absolute atomic E-state index is 11.9. The van der Waals surface area contributed by atoms with Crippen LogP contribution in [0.15, 0.2) is 18.6 Å². The van der Waals surface area contributed by atoms with E-state index in [0.29, 0.717) is 5.69 Å². The third-order valence-electron chi connectivity index (χ3n) is 2.16. The summed E-state index contributed by atoms with van der Waals surface area (Å²) in [6.45, 7) is 0. The van der Waals surface area contributed by atoms with Crippen LogP contribution in [0, 0.1) is 0 Å². The molecule has 2 aromatic rings. The van der Waals surface area contributed by atoms with Gasteiger partial charge in [0.15, 0.2) is 0 Å². The molecule has 0 aromatic carbocycles. The standard InChI is InChI=1S/C10H10ClN5O2/c1-16-5-12-4-6(16)9(17)15-10-13-7(11)3-8(14-10)18-2/h3-5H,1-2H3,(H,13,14,15,17). The fourth-order valence-electron chi connectivity index (χ4n) is 1.30. The summed E-state index contributed by atoms with van der Waals surface area (Å²) in [7, 11) is 3.16. The van der Waals surface area contributed by atoms with Crippen molar-refractivity contribution in [1.82, 2.24) is 19.5 Å². The number of nitrogens with one attached hydrogen (secondary N) is 1. The van der Waals surface area contributed by atoms with Crippen molar-refractivity contribution in [3.63, 3.8) is 0 Å². The molecule has 0 fully saturated rings. The van der Waals surface area contributed by atoms with Gasteiger partial charge in [-0.15, -0.1) is 0 Å². The summed E-state index contributed by atoms with van der Waals surface area (Å²) in [6, 6.07) is 1.45. The smallest absolute Gasteiger partial charge is 0.276 e. The van der Waals surface area contributed by atoms with Crippen LogP contribution in [0.1, 0.15) is 10.5 Å². The zero-order valence-electron chi connectivity index (χ0n) is 9.72. The number of aromatic nitrogens is 4. The highest BCUT2D eigenvalue weighted by atomic mass is 35.5. The van der Waals surface area contributed by atoms with Crippen molar-refractivity contribution in [2.24, 2.45) is 7.05 Å². The number of methoxy groups -OCH3 is 1. The molecular formula is C10H10ClN5O2. The average Bonchev–Trinajstić information content (AvgIpc) is 2.74. The second kappa shape index (κ2) is 5.01. The van der Waals surface area contributed by atoms with Gasteiger partial charge in [0.05, 0.1) is 19.6 Å². The minimum absolute atomic E-state index is 0.0746. The molecule has 0 saturated carbocycles. The van der Waals surface area contributed by atoms with Crippen molar-refractivity contribution < 1.29 is 9.53 Å². The van der Waals surface area contributed by atoms with E-state index in [-0.39, 0.29) is 22.9 Å². The molecule has 0 saturated heterocycles. The lowest BCUT2D eigenvalue weighted by atomic mass is 10.4. The normalized spacial score (nSPS) is 10.2. The number of carbonyl (C=O) groups excluding carboxylic acids is 1. The van der Waals surface area contributed by atoms with Crippen LogP contribution in [0.25, 0.3) is 0 Å². The van der Waals surface area contributed by atoms with Gasteiger partial charge in [0, 0.05) is 13.1 Å². The Morgan fingerprint density at radius 1 is 1.50 bits per heavy atom. The van der Waals surface area contributed by atoms with E-state index < -0.39 is 0 Å². The predicted molar refractivity (Wildman–Crippen MR) is 64.8 cm³/mol. The molecule has 2 heterocycles. The minimum atomic E-state index is -0.376. The Morgan fingerprint density at radius 2 is 2.28 bits per heavy atom. The zero-order valence-corrected chi connectivity index (χ0v) is 10.5. The number of ether oxygens (including phenoxy) is 1. The lowest BCUT2D eigenvalue weighted by molar-refractivity contribution is 0.101. The van der Waals surface area contributed by atoms with Gasteiger partial charge in [-0.05, 0) is 0 Å². The van der Waals surface area contributed by atoms with Crippen LogP contribution in [-0.4, -0.2) is 32.5 Å². The molecule has 0 radical (unpaired) electrons. The van der Waals surface area contributed by atoms with E-state index in [1.54, 1.807) is 11.6 Å². The van der Waals surface area contributed by atoms with E-state index in [0.717, 1.165) is 0 Å². The lowest BCUT2D eigenvalue weighted by Crippen LogP contribution is -2.17. The van der Waals surface area contributed by atoms with E-state index in [4.69, 9.17) is 16.3 Å². The van der Waals surface area contributed by atoms with Crippen molar-refractivity contribution in [3.05, 3.63) is 29.4 Å². The monoisotopic (exact) mass is 267 g/mol. The molecule has 0 spiro atoms. The van der Waals surface area contributed by atoms with Crippen LogP contribution >= 0.6 is 11.6 Å². The predicted octanol–water partition coefficient (Wildman–Crippen LogP) is 1.12. The first kappa shape index (κ1) is 12.3. The molecule has 0 bridgehead atoms. The first-order valence-corrected chi connectivity index (χ1v) is 5.34. The van der Waals surface area contributed by atoms with Gasteiger partial charge in [-0.3, -0.25) is 10.1 Å². The van der Waals surface area contributed by atoms with Crippen molar-refractivity contribution >= 4 is 23.5 Å². The summed E-state index contributed by atoms with van der Waals surface area (Å²) in [5.41, 5.74) is 0.387. The minimum Gasteiger partial charge on any atom is -0.481 e. The van der Waals surface area contributed by atoms with E-state index in [1.807, 2.05) is 0 Å². The van der Waals surface area contributed by atoms with Crippen molar-refractivity contribution in [3.8, 4) is 5.88 Å². The Bertz CT molecular complexity index is 583. The van der Waals surface area contributed by atoms with Crippen LogP contribution < -0.4 is 10.1 Å². The highest BCUT2D eigenvalue weighted by Gasteiger charge is 2.12. The summed E-state index contributed by atoms with van der Waals surface area (Å²) in [5.74, 6) is -0.0276. The number of hydrogen-bond donors (Lipinski definition) is 1. The van der Waals surface area contributed by atoms with Gasteiger partial charge >= 0.3 is 0 Å². The Balaban J connectivity index is 2.22. The van der Waals surface area contributed by atoms with Gasteiger partial charge in [-0.1, -0.05) is 11.6 Å².